The van der Waals surface area contributed by atoms with Gasteiger partial charge < -0.3 is 5.32 Å². The Morgan fingerprint density at radius 1 is 1.38 bits per heavy atom. The van der Waals surface area contributed by atoms with Crippen LogP contribution in [0.2, 0.25) is 0 Å². The topological polar surface area (TPSA) is 67.2 Å². The second-order valence-corrected chi connectivity index (χ2v) is 7.48. The molecule has 140 valence electrons. The van der Waals surface area contributed by atoms with Crippen LogP contribution in [0.3, 0.4) is 0 Å². The number of nitrogens with zero attached hydrogens (tertiary/aromatic N) is 3. The molecule has 24 heavy (non-hydrogen) atoms. The van der Waals surface area contributed by atoms with Crippen molar-refractivity contribution in [3.05, 3.63) is 12.4 Å². The Hall–Kier alpha value is -0.840. The lowest BCUT2D eigenvalue weighted by molar-refractivity contribution is -0.142. The molecule has 1 fully saturated rings. The van der Waals surface area contributed by atoms with Crippen LogP contribution in [0, 0.1) is 0 Å². The number of halogens is 4. The van der Waals surface area contributed by atoms with Gasteiger partial charge in [0.2, 0.25) is 10.0 Å². The number of alkyl halides is 3. The molecule has 2 heterocycles. The molecule has 0 amide bonds. The minimum absolute atomic E-state index is 0. The van der Waals surface area contributed by atoms with Crippen molar-refractivity contribution in [2.75, 3.05) is 19.6 Å². The Morgan fingerprint density at radius 3 is 2.54 bits per heavy atom. The molecule has 6 nitrogen and oxygen atoms in total. The van der Waals surface area contributed by atoms with Crippen molar-refractivity contribution in [2.24, 2.45) is 0 Å². The van der Waals surface area contributed by atoms with Crippen LogP contribution in [0.5, 0.6) is 0 Å². The van der Waals surface area contributed by atoms with Crippen LogP contribution in [0.4, 0.5) is 13.2 Å². The highest BCUT2D eigenvalue weighted by Crippen LogP contribution is 2.24. The van der Waals surface area contributed by atoms with E-state index in [1.165, 1.54) is 4.31 Å². The molecule has 0 bridgehead atoms. The lowest BCUT2D eigenvalue weighted by atomic mass is 10.1. The second-order valence-electron chi connectivity index (χ2n) is 5.59. The predicted octanol–water partition coefficient (Wildman–Crippen LogP) is 2.02. The summed E-state index contributed by atoms with van der Waals surface area (Å²) < 4.78 is 64.7. The average Bonchev–Trinajstić information content (AvgIpc) is 2.92. The Kier molecular flexibility index (Phi) is 7.51. The van der Waals surface area contributed by atoms with Gasteiger partial charge in [-0.15, -0.1) is 12.4 Å². The molecule has 0 saturated carbocycles. The molecule has 11 heteroatoms. The number of hydrogen-bond donors (Lipinski definition) is 1. The fourth-order valence-corrected chi connectivity index (χ4v) is 4.43. The highest BCUT2D eigenvalue weighted by molar-refractivity contribution is 7.89. The van der Waals surface area contributed by atoms with Crippen molar-refractivity contribution in [2.45, 2.75) is 49.8 Å². The predicted molar refractivity (Wildman–Crippen MR) is 85.6 cm³/mol. The lowest BCUT2D eigenvalue weighted by Crippen LogP contribution is -2.46. The maximum absolute atomic E-state index is 12.8. The molecule has 0 radical (unpaired) electrons. The Morgan fingerprint density at radius 2 is 2.00 bits per heavy atom. The average molecular weight is 391 g/mol. The molecular formula is C13H22ClF3N4O2S. The van der Waals surface area contributed by atoms with E-state index in [0.717, 1.165) is 25.5 Å². The largest absolute Gasteiger partial charge is 0.408 e. The fourth-order valence-electron chi connectivity index (χ4n) is 2.70. The first-order valence-electron chi connectivity index (χ1n) is 7.56. The normalized spacial score (nSPS) is 17.0. The molecule has 2 rings (SSSR count). The maximum Gasteiger partial charge on any atom is 0.408 e. The molecule has 0 unspecified atom stereocenters. The number of hydrogen-bond acceptors (Lipinski definition) is 4. The van der Waals surface area contributed by atoms with E-state index in [2.05, 4.69) is 10.4 Å². The Bertz CT molecular complexity index is 615. The first-order chi connectivity index (χ1) is 10.7. The maximum atomic E-state index is 12.8. The van der Waals surface area contributed by atoms with Gasteiger partial charge in [-0.2, -0.15) is 22.6 Å². The zero-order valence-corrected chi connectivity index (χ0v) is 14.9. The zero-order valence-electron chi connectivity index (χ0n) is 13.3. The van der Waals surface area contributed by atoms with Gasteiger partial charge in [0, 0.05) is 18.8 Å². The van der Waals surface area contributed by atoms with Gasteiger partial charge in [0.25, 0.3) is 0 Å². The van der Waals surface area contributed by atoms with E-state index in [9.17, 15) is 21.6 Å². The number of sulfonamides is 1. The standard InChI is InChI=1S/C13H21F3N4O2S.ClH/c1-2-7-20(11-3-5-17-6-4-11)23(21,22)12-8-18-19(9-12)10-13(14,15)16;/h8-9,11,17H,2-7,10H2,1H3;1H. The van der Waals surface area contributed by atoms with Crippen LogP contribution in [-0.4, -0.2) is 54.4 Å². The summed E-state index contributed by atoms with van der Waals surface area (Å²) in [5.41, 5.74) is 0. The van der Waals surface area contributed by atoms with Gasteiger partial charge in [0.05, 0.1) is 6.20 Å². The summed E-state index contributed by atoms with van der Waals surface area (Å²) in [7, 11) is -3.84. The Balaban J connectivity index is 0.00000288. The van der Waals surface area contributed by atoms with Gasteiger partial charge in [-0.3, -0.25) is 4.68 Å². The summed E-state index contributed by atoms with van der Waals surface area (Å²) in [5.74, 6) is 0. The van der Waals surface area contributed by atoms with Crippen molar-refractivity contribution in [3.8, 4) is 0 Å². The van der Waals surface area contributed by atoms with E-state index in [1.807, 2.05) is 6.92 Å². The summed E-state index contributed by atoms with van der Waals surface area (Å²) in [4.78, 5) is -0.186. The van der Waals surface area contributed by atoms with Crippen molar-refractivity contribution < 1.29 is 21.6 Å². The highest BCUT2D eigenvalue weighted by Gasteiger charge is 2.34. The molecule has 1 aromatic rings. The van der Waals surface area contributed by atoms with Gasteiger partial charge in [-0.25, -0.2) is 8.42 Å². The zero-order chi connectivity index (χ0) is 17.1. The van der Waals surface area contributed by atoms with E-state index in [1.54, 1.807) is 0 Å². The SMILES string of the molecule is CCCN(C1CCNCC1)S(=O)(=O)c1cnn(CC(F)(F)F)c1.Cl. The molecule has 1 aromatic heterocycles. The number of piperidine rings is 1. The molecule has 0 aromatic carbocycles. The van der Waals surface area contributed by atoms with Crippen LogP contribution in [0.15, 0.2) is 17.3 Å². The number of nitrogens with one attached hydrogen (secondary N) is 1. The summed E-state index contributed by atoms with van der Waals surface area (Å²) >= 11 is 0. The minimum Gasteiger partial charge on any atom is -0.317 e. The summed E-state index contributed by atoms with van der Waals surface area (Å²) in [6.45, 7) is 2.37. The molecule has 1 aliphatic heterocycles. The molecule has 1 N–H and O–H groups in total. The molecule has 0 atom stereocenters. The van der Waals surface area contributed by atoms with Crippen LogP contribution in [0.1, 0.15) is 26.2 Å². The number of aromatic nitrogens is 2. The summed E-state index contributed by atoms with van der Waals surface area (Å²) in [6.07, 6.45) is -0.478. The third-order valence-corrected chi connectivity index (χ3v) is 5.62. The van der Waals surface area contributed by atoms with Crippen LogP contribution < -0.4 is 5.32 Å². The van der Waals surface area contributed by atoms with Crippen molar-refractivity contribution in [1.29, 1.82) is 0 Å². The third-order valence-electron chi connectivity index (χ3n) is 3.72. The quantitative estimate of drug-likeness (QED) is 0.807. The third kappa shape index (κ3) is 5.33. The van der Waals surface area contributed by atoms with Crippen molar-refractivity contribution >= 4 is 22.4 Å². The fraction of sp³-hybridized carbons (Fsp3) is 0.769. The molecular weight excluding hydrogens is 369 g/mol. The minimum atomic E-state index is -4.44. The van der Waals surface area contributed by atoms with E-state index >= 15 is 0 Å². The van der Waals surface area contributed by atoms with Gasteiger partial charge in [-0.05, 0) is 32.4 Å². The molecule has 0 spiro atoms. The van der Waals surface area contributed by atoms with Crippen LogP contribution in [-0.2, 0) is 16.6 Å². The molecule has 1 aliphatic rings. The monoisotopic (exact) mass is 390 g/mol. The smallest absolute Gasteiger partial charge is 0.317 e. The second kappa shape index (κ2) is 8.50. The van der Waals surface area contributed by atoms with Gasteiger partial charge in [0.15, 0.2) is 0 Å². The van der Waals surface area contributed by atoms with Crippen molar-refractivity contribution in [1.82, 2.24) is 19.4 Å². The molecule has 1 saturated heterocycles. The number of rotatable bonds is 6. The molecule has 0 aliphatic carbocycles. The van der Waals surface area contributed by atoms with Crippen LogP contribution in [0.25, 0.3) is 0 Å². The van der Waals surface area contributed by atoms with Gasteiger partial charge >= 0.3 is 6.18 Å². The van der Waals surface area contributed by atoms with Gasteiger partial charge in [0.1, 0.15) is 11.4 Å². The van der Waals surface area contributed by atoms with E-state index in [0.29, 0.717) is 30.5 Å². The highest BCUT2D eigenvalue weighted by atomic mass is 35.5. The van der Waals surface area contributed by atoms with Crippen molar-refractivity contribution in [3.63, 3.8) is 0 Å². The lowest BCUT2D eigenvalue weighted by Gasteiger charge is -2.33. The van der Waals surface area contributed by atoms with E-state index in [-0.39, 0.29) is 23.3 Å². The van der Waals surface area contributed by atoms with Gasteiger partial charge in [-0.1, -0.05) is 6.92 Å². The first kappa shape index (κ1) is 21.2. The van der Waals surface area contributed by atoms with E-state index in [4.69, 9.17) is 0 Å². The van der Waals surface area contributed by atoms with Crippen LogP contribution >= 0.6 is 12.4 Å². The van der Waals surface area contributed by atoms with E-state index < -0.39 is 22.7 Å². The summed E-state index contributed by atoms with van der Waals surface area (Å²) in [6, 6.07) is -0.132. The first-order valence-corrected chi connectivity index (χ1v) is 9.00. The summed E-state index contributed by atoms with van der Waals surface area (Å²) in [5, 5.41) is 6.70. The Labute approximate surface area is 145 Å².